The first-order chi connectivity index (χ1) is 8.95. The van der Waals surface area contributed by atoms with Gasteiger partial charge in [0.25, 0.3) is 10.0 Å². The molecule has 0 aliphatic rings. The Hall–Kier alpha value is -1.15. The van der Waals surface area contributed by atoms with E-state index >= 15 is 0 Å². The predicted octanol–water partition coefficient (Wildman–Crippen LogP) is 0.870. The highest BCUT2D eigenvalue weighted by molar-refractivity contribution is 7.89. The lowest BCUT2D eigenvalue weighted by Crippen LogP contribution is -2.27. The largest absolute Gasteiger partial charge is 0.447 e. The van der Waals surface area contributed by atoms with Crippen molar-refractivity contribution in [1.82, 2.24) is 10.0 Å². The van der Waals surface area contributed by atoms with Crippen molar-refractivity contribution in [2.24, 2.45) is 0 Å². The van der Waals surface area contributed by atoms with E-state index < -0.39 is 10.0 Å². The average Bonchev–Trinajstić information content (AvgIpc) is 2.78. The third-order valence-corrected chi connectivity index (χ3v) is 3.47. The van der Waals surface area contributed by atoms with Gasteiger partial charge in [-0.1, -0.05) is 12.2 Å². The molecule has 0 aromatic carbocycles. The van der Waals surface area contributed by atoms with Gasteiger partial charge in [0.05, 0.1) is 19.8 Å². The van der Waals surface area contributed by atoms with E-state index in [9.17, 15) is 8.42 Å². The number of hydrogen-bond donors (Lipinski definition) is 2. The van der Waals surface area contributed by atoms with Gasteiger partial charge in [0.2, 0.25) is 5.09 Å². The van der Waals surface area contributed by atoms with Crippen LogP contribution in [0.15, 0.2) is 33.8 Å². The number of nitrogens with one attached hydrogen (secondary N) is 2. The van der Waals surface area contributed by atoms with Crippen molar-refractivity contribution < 1.29 is 17.6 Å². The van der Waals surface area contributed by atoms with Crippen LogP contribution in [-0.4, -0.2) is 35.2 Å². The Morgan fingerprint density at radius 2 is 2.21 bits per heavy atom. The number of sulfonamides is 1. The van der Waals surface area contributed by atoms with Crippen LogP contribution in [0.3, 0.4) is 0 Å². The molecule has 0 saturated carbocycles. The van der Waals surface area contributed by atoms with Crippen LogP contribution in [0.1, 0.15) is 12.7 Å². The maximum atomic E-state index is 11.8. The minimum absolute atomic E-state index is 0.0855. The van der Waals surface area contributed by atoms with Crippen LogP contribution in [0.5, 0.6) is 0 Å². The fraction of sp³-hybridized carbons (Fsp3) is 0.500. The van der Waals surface area contributed by atoms with Gasteiger partial charge in [-0.05, 0) is 26.1 Å². The van der Waals surface area contributed by atoms with Crippen LogP contribution in [0.25, 0.3) is 0 Å². The number of hydrogen-bond acceptors (Lipinski definition) is 5. The van der Waals surface area contributed by atoms with Crippen molar-refractivity contribution in [3.05, 3.63) is 30.0 Å². The number of furan rings is 1. The first-order valence-corrected chi connectivity index (χ1v) is 7.39. The van der Waals surface area contributed by atoms with Gasteiger partial charge < -0.3 is 14.5 Å². The summed E-state index contributed by atoms with van der Waals surface area (Å²) in [4.78, 5) is 0. The van der Waals surface area contributed by atoms with E-state index in [2.05, 4.69) is 16.6 Å². The molecule has 0 unspecified atom stereocenters. The Balaban J connectivity index is 2.44. The van der Waals surface area contributed by atoms with Crippen LogP contribution < -0.4 is 10.0 Å². The van der Waals surface area contributed by atoms with E-state index in [1.807, 2.05) is 6.92 Å². The molecule has 0 atom stereocenters. The molecule has 0 fully saturated rings. The molecule has 7 heteroatoms. The van der Waals surface area contributed by atoms with Crippen LogP contribution in [0, 0.1) is 0 Å². The maximum absolute atomic E-state index is 11.8. The SMILES string of the molecule is C=C(C)COCCNS(=O)(=O)c1ccc(CNC)o1. The summed E-state index contributed by atoms with van der Waals surface area (Å²) in [6, 6.07) is 3.06. The summed E-state index contributed by atoms with van der Waals surface area (Å²) >= 11 is 0. The van der Waals surface area contributed by atoms with Gasteiger partial charge in [0.1, 0.15) is 5.76 Å². The Labute approximate surface area is 113 Å². The third kappa shape index (κ3) is 5.56. The van der Waals surface area contributed by atoms with Crippen molar-refractivity contribution in [3.63, 3.8) is 0 Å². The second-order valence-electron chi connectivity index (χ2n) is 4.16. The first kappa shape index (κ1) is 15.9. The minimum Gasteiger partial charge on any atom is -0.447 e. The van der Waals surface area contributed by atoms with E-state index in [0.717, 1.165) is 5.57 Å². The topological polar surface area (TPSA) is 80.6 Å². The molecule has 2 N–H and O–H groups in total. The highest BCUT2D eigenvalue weighted by atomic mass is 32.2. The van der Waals surface area contributed by atoms with Crippen molar-refractivity contribution in [2.45, 2.75) is 18.6 Å². The number of ether oxygens (including phenoxy) is 1. The molecule has 0 aliphatic carbocycles. The van der Waals surface area contributed by atoms with Gasteiger partial charge in [-0.3, -0.25) is 0 Å². The van der Waals surface area contributed by atoms with Crippen LogP contribution >= 0.6 is 0 Å². The fourth-order valence-corrected chi connectivity index (χ4v) is 2.30. The van der Waals surface area contributed by atoms with Gasteiger partial charge >= 0.3 is 0 Å². The maximum Gasteiger partial charge on any atom is 0.274 e. The average molecular weight is 288 g/mol. The molecule has 1 aromatic heterocycles. The lowest BCUT2D eigenvalue weighted by atomic mass is 10.4. The predicted molar refractivity (Wildman–Crippen MR) is 72.3 cm³/mol. The smallest absolute Gasteiger partial charge is 0.274 e. The summed E-state index contributed by atoms with van der Waals surface area (Å²) in [5.41, 5.74) is 0.894. The van der Waals surface area contributed by atoms with Crippen molar-refractivity contribution in [3.8, 4) is 0 Å². The van der Waals surface area contributed by atoms with E-state index in [1.165, 1.54) is 6.07 Å². The minimum atomic E-state index is -3.61. The fourth-order valence-electron chi connectivity index (χ4n) is 1.34. The second kappa shape index (κ2) is 7.44. The molecule has 6 nitrogen and oxygen atoms in total. The summed E-state index contributed by atoms with van der Waals surface area (Å²) in [7, 11) is -1.85. The van der Waals surface area contributed by atoms with Crippen LogP contribution in [0.4, 0.5) is 0 Å². The Morgan fingerprint density at radius 3 is 2.84 bits per heavy atom. The zero-order valence-electron chi connectivity index (χ0n) is 11.2. The molecule has 0 aliphatic heterocycles. The Kier molecular flexibility index (Phi) is 6.23. The molecule has 0 radical (unpaired) electrons. The molecular formula is C12H20N2O4S. The first-order valence-electron chi connectivity index (χ1n) is 5.91. The van der Waals surface area contributed by atoms with Crippen molar-refractivity contribution >= 4 is 10.0 Å². The quantitative estimate of drug-likeness (QED) is 0.520. The summed E-state index contributed by atoms with van der Waals surface area (Å²) in [5.74, 6) is 0.571. The number of rotatable bonds is 9. The van der Waals surface area contributed by atoms with Gasteiger partial charge in [-0.25, -0.2) is 13.1 Å². The van der Waals surface area contributed by atoms with E-state index in [1.54, 1.807) is 13.1 Å². The Morgan fingerprint density at radius 1 is 1.47 bits per heavy atom. The summed E-state index contributed by atoms with van der Waals surface area (Å²) in [5, 5.41) is 2.80. The van der Waals surface area contributed by atoms with Crippen molar-refractivity contribution in [2.75, 3.05) is 26.8 Å². The molecule has 0 bridgehead atoms. The van der Waals surface area contributed by atoms with Crippen molar-refractivity contribution in [1.29, 1.82) is 0 Å². The van der Waals surface area contributed by atoms with Gasteiger partial charge in [0, 0.05) is 6.54 Å². The second-order valence-corrected chi connectivity index (χ2v) is 5.86. The standard InChI is InChI=1S/C12H20N2O4S/c1-10(2)9-17-7-6-14-19(15,16)12-5-4-11(18-12)8-13-3/h4-5,13-14H,1,6-9H2,2-3H3. The molecular weight excluding hydrogens is 268 g/mol. The third-order valence-electron chi connectivity index (χ3n) is 2.14. The zero-order chi connectivity index (χ0) is 14.3. The monoisotopic (exact) mass is 288 g/mol. The molecule has 1 aromatic rings. The van der Waals surface area contributed by atoms with Gasteiger partial charge in [-0.15, -0.1) is 0 Å². The summed E-state index contributed by atoms with van der Waals surface area (Å²) in [6.45, 7) is 6.92. The van der Waals surface area contributed by atoms with E-state index in [-0.39, 0.29) is 18.2 Å². The molecule has 0 amide bonds. The van der Waals surface area contributed by atoms with Gasteiger partial charge in [-0.2, -0.15) is 0 Å². The molecule has 19 heavy (non-hydrogen) atoms. The molecule has 1 heterocycles. The lowest BCUT2D eigenvalue weighted by Gasteiger charge is -2.05. The molecule has 0 saturated heterocycles. The lowest BCUT2D eigenvalue weighted by molar-refractivity contribution is 0.162. The van der Waals surface area contributed by atoms with E-state index in [0.29, 0.717) is 18.9 Å². The normalized spacial score (nSPS) is 11.7. The van der Waals surface area contributed by atoms with Crippen LogP contribution in [-0.2, 0) is 21.3 Å². The Bertz CT molecular complexity index is 508. The van der Waals surface area contributed by atoms with Gasteiger partial charge in [0.15, 0.2) is 0 Å². The molecule has 1 rings (SSSR count). The summed E-state index contributed by atoms with van der Waals surface area (Å²) < 4.78 is 36.5. The summed E-state index contributed by atoms with van der Waals surface area (Å²) in [6.07, 6.45) is 0. The zero-order valence-corrected chi connectivity index (χ0v) is 12.0. The highest BCUT2D eigenvalue weighted by Gasteiger charge is 2.17. The van der Waals surface area contributed by atoms with E-state index in [4.69, 9.17) is 9.15 Å². The molecule has 108 valence electrons. The highest BCUT2D eigenvalue weighted by Crippen LogP contribution is 2.13. The molecule has 0 spiro atoms. The van der Waals surface area contributed by atoms with Crippen LogP contribution in [0.2, 0.25) is 0 Å².